The van der Waals surface area contributed by atoms with E-state index in [1.807, 2.05) is 0 Å². The minimum absolute atomic E-state index is 0.0102. The van der Waals surface area contributed by atoms with Crippen molar-refractivity contribution in [1.82, 2.24) is 4.90 Å². The van der Waals surface area contributed by atoms with Crippen molar-refractivity contribution in [2.45, 2.75) is 6.42 Å². The van der Waals surface area contributed by atoms with E-state index in [1.54, 1.807) is 18.2 Å². The number of thiocarbonyl (C=S) groups is 1. The summed E-state index contributed by atoms with van der Waals surface area (Å²) in [7, 11) is 0. The maximum atomic E-state index is 13.7. The van der Waals surface area contributed by atoms with Gasteiger partial charge in [0.05, 0.1) is 10.6 Å². The average molecular weight is 439 g/mol. The van der Waals surface area contributed by atoms with Crippen molar-refractivity contribution < 1.29 is 18.4 Å². The molecule has 0 atom stereocenters. The summed E-state index contributed by atoms with van der Waals surface area (Å²) in [6.45, 7) is 0.0620. The summed E-state index contributed by atoms with van der Waals surface area (Å²) in [5.41, 5.74) is 0.675. The van der Waals surface area contributed by atoms with E-state index in [0.29, 0.717) is 14.8 Å². The van der Waals surface area contributed by atoms with Gasteiger partial charge in [-0.05, 0) is 42.0 Å². The fourth-order valence-electron chi connectivity index (χ4n) is 2.42. The molecule has 0 aliphatic carbocycles. The molecule has 0 unspecified atom stereocenters. The van der Waals surface area contributed by atoms with Gasteiger partial charge in [0.2, 0.25) is 5.91 Å². The highest BCUT2D eigenvalue weighted by Gasteiger charge is 2.32. The van der Waals surface area contributed by atoms with E-state index >= 15 is 0 Å². The van der Waals surface area contributed by atoms with Crippen LogP contribution in [0.5, 0.6) is 0 Å². The van der Waals surface area contributed by atoms with Gasteiger partial charge in [-0.1, -0.05) is 47.7 Å². The minimum Gasteiger partial charge on any atom is -0.324 e. The van der Waals surface area contributed by atoms with Crippen LogP contribution in [0.15, 0.2) is 47.4 Å². The van der Waals surface area contributed by atoms with Crippen molar-refractivity contribution >= 4 is 63.5 Å². The van der Waals surface area contributed by atoms with Gasteiger partial charge in [0.25, 0.3) is 5.91 Å². The number of hydrogen-bond acceptors (Lipinski definition) is 4. The van der Waals surface area contributed by atoms with Crippen LogP contribution in [0.1, 0.15) is 12.0 Å². The van der Waals surface area contributed by atoms with Crippen LogP contribution in [0.4, 0.5) is 14.5 Å². The lowest BCUT2D eigenvalue weighted by Gasteiger charge is -2.14. The molecule has 1 fully saturated rings. The summed E-state index contributed by atoms with van der Waals surface area (Å²) in [4.78, 5) is 26.3. The first-order valence-electron chi connectivity index (χ1n) is 8.09. The van der Waals surface area contributed by atoms with Gasteiger partial charge in [0.1, 0.15) is 16.0 Å². The summed E-state index contributed by atoms with van der Waals surface area (Å²) in [5.74, 6) is -1.80. The van der Waals surface area contributed by atoms with E-state index in [4.69, 9.17) is 23.8 Å². The zero-order valence-corrected chi connectivity index (χ0v) is 16.6. The molecule has 0 radical (unpaired) electrons. The Morgan fingerprint density at radius 3 is 2.61 bits per heavy atom. The topological polar surface area (TPSA) is 49.4 Å². The van der Waals surface area contributed by atoms with E-state index < -0.39 is 11.7 Å². The number of hydrogen-bond donors (Lipinski definition) is 1. The van der Waals surface area contributed by atoms with Crippen LogP contribution in [-0.4, -0.2) is 27.6 Å². The third kappa shape index (κ3) is 4.95. The Balaban J connectivity index is 1.61. The van der Waals surface area contributed by atoms with Gasteiger partial charge >= 0.3 is 0 Å². The molecule has 1 saturated heterocycles. The number of halogens is 3. The number of nitrogens with zero attached hydrogens (tertiary/aromatic N) is 1. The Labute approximate surface area is 174 Å². The Morgan fingerprint density at radius 1 is 1.21 bits per heavy atom. The number of anilines is 1. The highest BCUT2D eigenvalue weighted by Crippen LogP contribution is 2.32. The Bertz CT molecular complexity index is 980. The maximum Gasteiger partial charge on any atom is 0.266 e. The molecule has 1 aliphatic heterocycles. The lowest BCUT2D eigenvalue weighted by atomic mass is 10.2. The summed E-state index contributed by atoms with van der Waals surface area (Å²) < 4.78 is 27.1. The third-order valence-corrected chi connectivity index (χ3v) is 5.42. The molecule has 0 saturated carbocycles. The molecule has 0 spiro atoms. The molecule has 2 aromatic rings. The van der Waals surface area contributed by atoms with Crippen LogP contribution in [-0.2, 0) is 9.59 Å². The van der Waals surface area contributed by atoms with E-state index in [2.05, 4.69) is 5.32 Å². The predicted molar refractivity (Wildman–Crippen MR) is 111 cm³/mol. The molecule has 9 heteroatoms. The van der Waals surface area contributed by atoms with E-state index in [1.165, 1.54) is 29.2 Å². The standard InChI is InChI=1S/C19H13ClF2N2O2S2/c20-12-3-6-15(14(22)10-12)23-17(25)7-8-24-18(26)16(28-19(24)27)9-11-1-4-13(21)5-2-11/h1-6,9-10H,7-8H2,(H,23,25). The van der Waals surface area contributed by atoms with Gasteiger partial charge in [-0.25, -0.2) is 8.78 Å². The van der Waals surface area contributed by atoms with Gasteiger partial charge in [0.15, 0.2) is 0 Å². The molecular weight excluding hydrogens is 426 g/mol. The Kier molecular flexibility index (Phi) is 6.43. The molecule has 1 aliphatic rings. The van der Waals surface area contributed by atoms with E-state index in [9.17, 15) is 18.4 Å². The number of carbonyl (C=O) groups excluding carboxylic acids is 2. The Morgan fingerprint density at radius 2 is 1.93 bits per heavy atom. The number of carbonyl (C=O) groups is 2. The van der Waals surface area contributed by atoms with Crippen molar-refractivity contribution in [3.63, 3.8) is 0 Å². The SMILES string of the molecule is O=C(CCN1C(=O)C(=Cc2ccc(F)cc2)SC1=S)Nc1ccc(Cl)cc1F. The second-order valence-electron chi connectivity index (χ2n) is 5.81. The molecule has 2 aromatic carbocycles. The number of benzene rings is 2. The summed E-state index contributed by atoms with van der Waals surface area (Å²) in [5, 5.41) is 2.66. The monoisotopic (exact) mass is 438 g/mol. The second-order valence-corrected chi connectivity index (χ2v) is 7.92. The summed E-state index contributed by atoms with van der Waals surface area (Å²) in [6.07, 6.45) is 1.56. The molecule has 0 bridgehead atoms. The molecule has 1 N–H and O–H groups in total. The van der Waals surface area contributed by atoms with Crippen LogP contribution < -0.4 is 5.32 Å². The van der Waals surface area contributed by atoms with Crippen molar-refractivity contribution in [2.75, 3.05) is 11.9 Å². The fourth-order valence-corrected chi connectivity index (χ4v) is 3.89. The number of rotatable bonds is 5. The van der Waals surface area contributed by atoms with Gasteiger partial charge in [-0.15, -0.1) is 0 Å². The molecular formula is C19H13ClF2N2O2S2. The van der Waals surface area contributed by atoms with Crippen LogP contribution in [0, 0.1) is 11.6 Å². The molecule has 1 heterocycles. The quantitative estimate of drug-likeness (QED) is 0.535. The van der Waals surface area contributed by atoms with Crippen LogP contribution in [0.25, 0.3) is 6.08 Å². The first kappa shape index (κ1) is 20.4. The molecule has 3 rings (SSSR count). The van der Waals surface area contributed by atoms with E-state index in [0.717, 1.165) is 17.8 Å². The molecule has 4 nitrogen and oxygen atoms in total. The van der Waals surface area contributed by atoms with Gasteiger partial charge in [-0.2, -0.15) is 0 Å². The number of nitrogens with one attached hydrogen (secondary N) is 1. The van der Waals surface area contributed by atoms with Crippen LogP contribution in [0.2, 0.25) is 5.02 Å². The van der Waals surface area contributed by atoms with Gasteiger partial charge < -0.3 is 5.32 Å². The first-order chi connectivity index (χ1) is 13.3. The summed E-state index contributed by atoms with van der Waals surface area (Å²) in [6, 6.07) is 9.62. The Hall–Kier alpha value is -2.29. The molecule has 2 amide bonds. The van der Waals surface area contributed by atoms with Gasteiger partial charge in [-0.3, -0.25) is 14.5 Å². The smallest absolute Gasteiger partial charge is 0.266 e. The van der Waals surface area contributed by atoms with Crippen molar-refractivity contribution in [3.8, 4) is 0 Å². The van der Waals surface area contributed by atoms with Crippen molar-refractivity contribution in [1.29, 1.82) is 0 Å². The molecule has 144 valence electrons. The third-order valence-electron chi connectivity index (χ3n) is 3.81. The predicted octanol–water partition coefficient (Wildman–Crippen LogP) is 4.85. The summed E-state index contributed by atoms with van der Waals surface area (Å²) >= 11 is 12.0. The second kappa shape index (κ2) is 8.81. The van der Waals surface area contributed by atoms with Crippen molar-refractivity contribution in [3.05, 3.63) is 69.6 Å². The molecule has 28 heavy (non-hydrogen) atoms. The normalized spacial score (nSPS) is 15.4. The zero-order valence-electron chi connectivity index (χ0n) is 14.2. The van der Waals surface area contributed by atoms with Crippen LogP contribution >= 0.6 is 35.6 Å². The highest BCUT2D eigenvalue weighted by molar-refractivity contribution is 8.26. The minimum atomic E-state index is -0.645. The van der Waals surface area contributed by atoms with Gasteiger partial charge in [0, 0.05) is 18.0 Å². The first-order valence-corrected chi connectivity index (χ1v) is 9.69. The lowest BCUT2D eigenvalue weighted by Crippen LogP contribution is -2.31. The average Bonchev–Trinajstić information content (AvgIpc) is 2.91. The number of thioether (sulfide) groups is 1. The lowest BCUT2D eigenvalue weighted by molar-refractivity contribution is -0.122. The highest BCUT2D eigenvalue weighted by atomic mass is 35.5. The van der Waals surface area contributed by atoms with Crippen molar-refractivity contribution in [2.24, 2.45) is 0 Å². The van der Waals surface area contributed by atoms with Crippen LogP contribution in [0.3, 0.4) is 0 Å². The molecule has 0 aromatic heterocycles. The maximum absolute atomic E-state index is 13.7. The van der Waals surface area contributed by atoms with E-state index in [-0.39, 0.29) is 35.4 Å². The number of amides is 2. The largest absolute Gasteiger partial charge is 0.324 e. The fraction of sp³-hybridized carbons (Fsp3) is 0.105. The zero-order chi connectivity index (χ0) is 20.3.